The quantitative estimate of drug-likeness (QED) is 0.840. The second kappa shape index (κ2) is 6.64. The number of anilines is 2. The van der Waals surface area contributed by atoms with Crippen LogP contribution in [0.1, 0.15) is 5.56 Å². The first-order valence-corrected chi connectivity index (χ1v) is 8.52. The first kappa shape index (κ1) is 16.9. The van der Waals surface area contributed by atoms with Crippen LogP contribution in [0, 0.1) is 6.92 Å². The van der Waals surface area contributed by atoms with Crippen molar-refractivity contribution in [3.8, 4) is 0 Å². The molecule has 0 aromatic heterocycles. The Balaban J connectivity index is 1.49. The monoisotopic (exact) mass is 363 g/mol. The maximum atomic E-state index is 12.8. The van der Waals surface area contributed by atoms with Crippen LogP contribution >= 0.6 is 0 Å². The fraction of sp³-hybridized carbons (Fsp3) is 0.211. The third-order valence-electron chi connectivity index (χ3n) is 4.60. The minimum atomic E-state index is -0.913. The smallest absolute Gasteiger partial charge is 0.263 e. The van der Waals surface area contributed by atoms with Crippen molar-refractivity contribution in [1.29, 1.82) is 0 Å². The van der Waals surface area contributed by atoms with Gasteiger partial charge in [0.15, 0.2) is 12.1 Å². The number of para-hydroxylation sites is 2. The summed E-state index contributed by atoms with van der Waals surface area (Å²) in [6, 6.07) is 14.3. The molecule has 1 saturated heterocycles. The van der Waals surface area contributed by atoms with Crippen LogP contribution in [-0.4, -0.2) is 41.4 Å². The minimum absolute atomic E-state index is 0.166. The Labute approximate surface area is 155 Å². The Hall–Kier alpha value is -3.55. The van der Waals surface area contributed by atoms with Crippen molar-refractivity contribution in [2.75, 3.05) is 16.8 Å². The molecule has 0 bridgehead atoms. The summed E-state index contributed by atoms with van der Waals surface area (Å²) in [5, 5.41) is 11.9. The Bertz CT molecular complexity index is 943. The van der Waals surface area contributed by atoms with E-state index in [0.717, 1.165) is 10.5 Å². The van der Waals surface area contributed by atoms with E-state index in [2.05, 4.69) is 15.7 Å². The van der Waals surface area contributed by atoms with Gasteiger partial charge in [-0.15, -0.1) is 0 Å². The molecule has 0 aliphatic carbocycles. The molecule has 1 N–H and O–H groups in total. The zero-order chi connectivity index (χ0) is 19.0. The van der Waals surface area contributed by atoms with Crippen molar-refractivity contribution >= 4 is 29.1 Å². The largest absolute Gasteiger partial charge is 0.324 e. The molecular weight excluding hydrogens is 346 g/mol. The Morgan fingerprint density at radius 3 is 2.48 bits per heavy atom. The molecule has 2 aromatic carbocycles. The first-order chi connectivity index (χ1) is 13.1. The van der Waals surface area contributed by atoms with Crippen molar-refractivity contribution in [1.82, 2.24) is 5.01 Å². The average molecular weight is 363 g/mol. The molecule has 2 atom stereocenters. The van der Waals surface area contributed by atoms with Gasteiger partial charge in [0.25, 0.3) is 11.8 Å². The van der Waals surface area contributed by atoms with Crippen LogP contribution in [-0.2, 0) is 14.4 Å². The third kappa shape index (κ3) is 2.95. The predicted molar refractivity (Wildman–Crippen MR) is 97.9 cm³/mol. The summed E-state index contributed by atoms with van der Waals surface area (Å²) in [6.07, 6.45) is 0. The van der Waals surface area contributed by atoms with E-state index in [9.17, 15) is 14.4 Å². The van der Waals surface area contributed by atoms with Gasteiger partial charge in [-0.2, -0.15) is 5.11 Å². The molecule has 27 heavy (non-hydrogen) atoms. The number of hydrogen-bond donors (Lipinski definition) is 1. The molecule has 2 heterocycles. The van der Waals surface area contributed by atoms with Crippen LogP contribution in [0.5, 0.6) is 0 Å². The zero-order valence-electron chi connectivity index (χ0n) is 14.6. The first-order valence-electron chi connectivity index (χ1n) is 8.52. The van der Waals surface area contributed by atoms with Crippen LogP contribution in [0.3, 0.4) is 0 Å². The number of benzene rings is 2. The molecule has 8 nitrogen and oxygen atoms in total. The molecule has 0 saturated carbocycles. The summed E-state index contributed by atoms with van der Waals surface area (Å²) in [4.78, 5) is 38.9. The normalized spacial score (nSPS) is 20.9. The Kier molecular flexibility index (Phi) is 4.15. The van der Waals surface area contributed by atoms with E-state index >= 15 is 0 Å². The summed E-state index contributed by atoms with van der Waals surface area (Å²) < 4.78 is 0. The third-order valence-corrected chi connectivity index (χ3v) is 4.60. The van der Waals surface area contributed by atoms with Gasteiger partial charge in [-0.1, -0.05) is 41.6 Å². The van der Waals surface area contributed by atoms with Gasteiger partial charge >= 0.3 is 0 Å². The van der Waals surface area contributed by atoms with Crippen LogP contribution in [0.25, 0.3) is 0 Å². The average Bonchev–Trinajstić information content (AvgIpc) is 3.18. The topological polar surface area (TPSA) is 94.4 Å². The lowest BCUT2D eigenvalue weighted by Crippen LogP contribution is -2.43. The summed E-state index contributed by atoms with van der Waals surface area (Å²) in [5.41, 5.74) is 2.10. The van der Waals surface area contributed by atoms with Crippen molar-refractivity contribution in [3.63, 3.8) is 0 Å². The highest BCUT2D eigenvalue weighted by Gasteiger charge is 2.55. The van der Waals surface area contributed by atoms with E-state index in [-0.39, 0.29) is 12.5 Å². The van der Waals surface area contributed by atoms with Crippen molar-refractivity contribution in [2.45, 2.75) is 19.0 Å². The van der Waals surface area contributed by atoms with E-state index < -0.39 is 23.9 Å². The van der Waals surface area contributed by atoms with Crippen LogP contribution in [0.15, 0.2) is 64.9 Å². The van der Waals surface area contributed by atoms with E-state index in [0.29, 0.717) is 11.4 Å². The molecule has 8 heteroatoms. The van der Waals surface area contributed by atoms with Gasteiger partial charge in [0.2, 0.25) is 5.91 Å². The lowest BCUT2D eigenvalue weighted by Gasteiger charge is -2.20. The maximum Gasteiger partial charge on any atom is 0.263 e. The molecule has 3 amide bonds. The number of nitrogens with one attached hydrogen (secondary N) is 1. The highest BCUT2D eigenvalue weighted by molar-refractivity contribution is 6.25. The molecule has 2 aliphatic rings. The van der Waals surface area contributed by atoms with Gasteiger partial charge in [0.1, 0.15) is 6.54 Å². The van der Waals surface area contributed by atoms with E-state index in [1.165, 1.54) is 5.01 Å². The van der Waals surface area contributed by atoms with Gasteiger partial charge in [-0.25, -0.2) is 4.90 Å². The van der Waals surface area contributed by atoms with Gasteiger partial charge in [-0.05, 0) is 30.7 Å². The Morgan fingerprint density at radius 1 is 1.04 bits per heavy atom. The molecule has 136 valence electrons. The van der Waals surface area contributed by atoms with Gasteiger partial charge in [0, 0.05) is 5.69 Å². The zero-order valence-corrected chi connectivity index (χ0v) is 14.6. The summed E-state index contributed by atoms with van der Waals surface area (Å²) in [5.74, 6) is -1.19. The molecule has 0 spiro atoms. The highest BCUT2D eigenvalue weighted by Crippen LogP contribution is 2.31. The van der Waals surface area contributed by atoms with Gasteiger partial charge in [0.05, 0.1) is 5.69 Å². The number of aryl methyl sites for hydroxylation is 1. The lowest BCUT2D eigenvalue weighted by atomic mass is 10.1. The number of nitrogens with zero attached hydrogens (tertiary/aromatic N) is 4. The second-order valence-corrected chi connectivity index (χ2v) is 6.40. The molecular formula is C19H17N5O3. The fourth-order valence-corrected chi connectivity index (χ4v) is 3.24. The number of rotatable bonds is 4. The fourth-order valence-electron chi connectivity index (χ4n) is 3.24. The van der Waals surface area contributed by atoms with Crippen molar-refractivity contribution < 1.29 is 14.4 Å². The Morgan fingerprint density at radius 2 is 1.74 bits per heavy atom. The summed E-state index contributed by atoms with van der Waals surface area (Å²) in [6.45, 7) is 1.72. The van der Waals surface area contributed by atoms with E-state index in [1.807, 2.05) is 25.1 Å². The maximum absolute atomic E-state index is 12.8. The predicted octanol–water partition coefficient (Wildman–Crippen LogP) is 1.93. The van der Waals surface area contributed by atoms with Crippen LogP contribution < -0.4 is 10.2 Å². The number of fused-ring (bicyclic) bond motifs is 1. The second-order valence-electron chi connectivity index (χ2n) is 6.40. The van der Waals surface area contributed by atoms with E-state index in [4.69, 9.17) is 0 Å². The number of amides is 3. The van der Waals surface area contributed by atoms with Crippen LogP contribution in [0.4, 0.5) is 11.4 Å². The van der Waals surface area contributed by atoms with Crippen molar-refractivity contribution in [3.05, 3.63) is 60.2 Å². The van der Waals surface area contributed by atoms with Gasteiger partial charge < -0.3 is 5.32 Å². The lowest BCUT2D eigenvalue weighted by molar-refractivity contribution is -0.123. The molecule has 0 radical (unpaired) electrons. The van der Waals surface area contributed by atoms with E-state index in [1.54, 1.807) is 36.4 Å². The number of carbonyl (C=O) groups is 3. The SMILES string of the molecule is Cc1ccccc1NC(=O)CN1N=NC2C(=O)N(c3ccccc3)C(=O)C21. The highest BCUT2D eigenvalue weighted by atomic mass is 16.2. The molecule has 4 rings (SSSR count). The summed E-state index contributed by atoms with van der Waals surface area (Å²) >= 11 is 0. The van der Waals surface area contributed by atoms with Crippen LogP contribution in [0.2, 0.25) is 0 Å². The minimum Gasteiger partial charge on any atom is -0.324 e. The molecule has 1 fully saturated rings. The van der Waals surface area contributed by atoms with Crippen molar-refractivity contribution in [2.24, 2.45) is 10.3 Å². The number of hydrogen-bond acceptors (Lipinski definition) is 6. The standard InChI is InChI=1S/C19H17N5O3/c1-12-7-5-6-10-14(12)20-15(25)11-23-17-16(21-22-23)18(26)24(19(17)27)13-8-3-2-4-9-13/h2-10,16-17H,11H2,1H3,(H,20,25). The molecule has 2 aliphatic heterocycles. The number of imide groups is 1. The number of carbonyl (C=O) groups excluding carboxylic acids is 3. The van der Waals surface area contributed by atoms with Gasteiger partial charge in [-0.3, -0.25) is 19.4 Å². The molecule has 2 unspecified atom stereocenters. The molecule has 2 aromatic rings. The summed E-state index contributed by atoms with van der Waals surface area (Å²) in [7, 11) is 0.